The number of nitrogens with one attached hydrogen (secondary N) is 1. The van der Waals surface area contributed by atoms with Gasteiger partial charge in [-0.3, -0.25) is 5.10 Å². The molecule has 4 nitrogen and oxygen atoms in total. The minimum atomic E-state index is 0.869. The van der Waals surface area contributed by atoms with Gasteiger partial charge in [-0.05, 0) is 38.2 Å². The maximum absolute atomic E-state index is 4.50. The summed E-state index contributed by atoms with van der Waals surface area (Å²) >= 11 is 0. The third-order valence-corrected chi connectivity index (χ3v) is 3.37. The van der Waals surface area contributed by atoms with Gasteiger partial charge in [0.2, 0.25) is 0 Å². The lowest BCUT2D eigenvalue weighted by atomic mass is 10.0. The summed E-state index contributed by atoms with van der Waals surface area (Å²) < 4.78 is 2.26. The third-order valence-electron chi connectivity index (χ3n) is 3.37. The van der Waals surface area contributed by atoms with Crippen LogP contribution in [0, 0.1) is 6.92 Å². The van der Waals surface area contributed by atoms with Crippen LogP contribution in [0.4, 0.5) is 0 Å². The first-order valence-electron chi connectivity index (χ1n) is 5.86. The molecule has 0 saturated carbocycles. The van der Waals surface area contributed by atoms with Gasteiger partial charge in [0.25, 0.3) is 0 Å². The zero-order chi connectivity index (χ0) is 11.0. The normalized spacial score (nSPS) is 15.1. The standard InChI is InChI=1S/C12H16N4/c1-9-6-14-15-11(9)7-16-8-13-10-4-2-3-5-12(10)16/h6,8H,2-5,7H2,1H3,(H,14,15). The Morgan fingerprint density at radius 1 is 1.38 bits per heavy atom. The van der Waals surface area contributed by atoms with Gasteiger partial charge in [-0.2, -0.15) is 5.10 Å². The van der Waals surface area contributed by atoms with Crippen LogP contribution in [-0.2, 0) is 19.4 Å². The number of aromatic amines is 1. The largest absolute Gasteiger partial charge is 0.328 e. The van der Waals surface area contributed by atoms with Crippen molar-refractivity contribution in [2.24, 2.45) is 0 Å². The number of hydrogen-bond acceptors (Lipinski definition) is 2. The lowest BCUT2D eigenvalue weighted by Gasteiger charge is -2.13. The molecule has 1 aliphatic rings. The summed E-state index contributed by atoms with van der Waals surface area (Å²) in [6.45, 7) is 2.95. The highest BCUT2D eigenvalue weighted by Crippen LogP contribution is 2.20. The van der Waals surface area contributed by atoms with Gasteiger partial charge < -0.3 is 4.57 Å². The molecule has 2 aromatic rings. The lowest BCUT2D eigenvalue weighted by molar-refractivity contribution is 0.624. The molecule has 0 fully saturated rings. The number of aromatic nitrogens is 4. The summed E-state index contributed by atoms with van der Waals surface area (Å²) in [6, 6.07) is 0. The topological polar surface area (TPSA) is 46.5 Å². The first-order valence-corrected chi connectivity index (χ1v) is 5.86. The molecule has 0 aromatic carbocycles. The zero-order valence-corrected chi connectivity index (χ0v) is 9.53. The van der Waals surface area contributed by atoms with Crippen molar-refractivity contribution < 1.29 is 0 Å². The summed E-state index contributed by atoms with van der Waals surface area (Å²) in [5.74, 6) is 0. The van der Waals surface area contributed by atoms with Crippen molar-refractivity contribution in [1.29, 1.82) is 0 Å². The first kappa shape index (κ1) is 9.63. The Labute approximate surface area is 94.7 Å². The van der Waals surface area contributed by atoms with E-state index in [1.54, 1.807) is 0 Å². The molecule has 0 spiro atoms. The number of nitrogens with zero attached hydrogens (tertiary/aromatic N) is 3. The van der Waals surface area contributed by atoms with E-state index in [1.165, 1.54) is 41.9 Å². The first-order chi connectivity index (χ1) is 7.84. The number of rotatable bonds is 2. The molecule has 0 bridgehead atoms. The molecular formula is C12H16N4. The molecule has 0 radical (unpaired) electrons. The molecule has 0 saturated heterocycles. The molecule has 3 rings (SSSR count). The average molecular weight is 216 g/mol. The predicted octanol–water partition coefficient (Wildman–Crippen LogP) is 1.84. The molecule has 0 amide bonds. The fourth-order valence-electron chi connectivity index (χ4n) is 2.37. The Balaban J connectivity index is 1.90. The van der Waals surface area contributed by atoms with E-state index < -0.39 is 0 Å². The van der Waals surface area contributed by atoms with Crippen LogP contribution in [0.5, 0.6) is 0 Å². The Hall–Kier alpha value is -1.58. The molecule has 2 heterocycles. The summed E-state index contributed by atoms with van der Waals surface area (Å²) in [4.78, 5) is 4.50. The summed E-state index contributed by atoms with van der Waals surface area (Å²) in [5.41, 5.74) is 5.12. The van der Waals surface area contributed by atoms with E-state index >= 15 is 0 Å². The van der Waals surface area contributed by atoms with Crippen LogP contribution in [0.15, 0.2) is 12.5 Å². The van der Waals surface area contributed by atoms with E-state index in [1.807, 2.05) is 12.5 Å². The Bertz CT molecular complexity index is 495. The molecular weight excluding hydrogens is 200 g/mol. The molecule has 0 unspecified atom stereocenters. The third kappa shape index (κ3) is 1.54. The highest BCUT2D eigenvalue weighted by Gasteiger charge is 2.15. The summed E-state index contributed by atoms with van der Waals surface area (Å²) in [6.07, 6.45) is 8.73. The highest BCUT2D eigenvalue weighted by atomic mass is 15.1. The highest BCUT2D eigenvalue weighted by molar-refractivity contribution is 5.20. The van der Waals surface area contributed by atoms with Crippen molar-refractivity contribution in [1.82, 2.24) is 19.7 Å². The molecule has 1 N–H and O–H groups in total. The minimum Gasteiger partial charge on any atom is -0.328 e. The Kier molecular flexibility index (Phi) is 2.27. The number of H-pyrrole nitrogens is 1. The molecule has 4 heteroatoms. The monoisotopic (exact) mass is 216 g/mol. The SMILES string of the molecule is Cc1cn[nH]c1Cn1cnc2c1CCCC2. The fourth-order valence-corrected chi connectivity index (χ4v) is 2.37. The molecule has 16 heavy (non-hydrogen) atoms. The van der Waals surface area contributed by atoms with Crippen molar-refractivity contribution in [3.8, 4) is 0 Å². The van der Waals surface area contributed by atoms with Crippen LogP contribution in [0.25, 0.3) is 0 Å². The van der Waals surface area contributed by atoms with Crippen LogP contribution in [-0.4, -0.2) is 19.7 Å². The van der Waals surface area contributed by atoms with Crippen LogP contribution in [0.1, 0.15) is 35.5 Å². The van der Waals surface area contributed by atoms with E-state index in [9.17, 15) is 0 Å². The van der Waals surface area contributed by atoms with Crippen molar-refractivity contribution in [2.75, 3.05) is 0 Å². The van der Waals surface area contributed by atoms with Crippen molar-refractivity contribution in [3.05, 3.63) is 35.2 Å². The lowest BCUT2D eigenvalue weighted by Crippen LogP contribution is -2.09. The zero-order valence-electron chi connectivity index (χ0n) is 9.53. The van der Waals surface area contributed by atoms with Gasteiger partial charge in [-0.1, -0.05) is 0 Å². The molecule has 0 aliphatic heterocycles. The molecule has 2 aromatic heterocycles. The van der Waals surface area contributed by atoms with Crippen molar-refractivity contribution in [3.63, 3.8) is 0 Å². The quantitative estimate of drug-likeness (QED) is 0.832. The van der Waals surface area contributed by atoms with E-state index in [0.717, 1.165) is 13.0 Å². The van der Waals surface area contributed by atoms with Gasteiger partial charge >= 0.3 is 0 Å². The van der Waals surface area contributed by atoms with Crippen LogP contribution < -0.4 is 0 Å². The summed E-state index contributed by atoms with van der Waals surface area (Å²) in [7, 11) is 0. The van der Waals surface area contributed by atoms with Gasteiger partial charge in [-0.15, -0.1) is 0 Å². The maximum Gasteiger partial charge on any atom is 0.0955 e. The second kappa shape index (κ2) is 3.77. The van der Waals surface area contributed by atoms with Crippen LogP contribution in [0.2, 0.25) is 0 Å². The number of imidazole rings is 1. The number of fused-ring (bicyclic) bond motifs is 1. The Morgan fingerprint density at radius 3 is 3.06 bits per heavy atom. The van der Waals surface area contributed by atoms with Crippen molar-refractivity contribution >= 4 is 0 Å². The average Bonchev–Trinajstić information content (AvgIpc) is 2.88. The second-order valence-corrected chi connectivity index (χ2v) is 4.50. The van der Waals surface area contributed by atoms with Crippen molar-refractivity contribution in [2.45, 2.75) is 39.2 Å². The maximum atomic E-state index is 4.50. The second-order valence-electron chi connectivity index (χ2n) is 4.50. The van der Waals surface area contributed by atoms with E-state index in [-0.39, 0.29) is 0 Å². The summed E-state index contributed by atoms with van der Waals surface area (Å²) in [5, 5.41) is 7.11. The van der Waals surface area contributed by atoms with Crippen LogP contribution >= 0.6 is 0 Å². The van der Waals surface area contributed by atoms with Gasteiger partial charge in [0, 0.05) is 5.69 Å². The van der Waals surface area contributed by atoms with Gasteiger partial charge in [0.15, 0.2) is 0 Å². The minimum absolute atomic E-state index is 0.869. The van der Waals surface area contributed by atoms with Gasteiger partial charge in [0.05, 0.1) is 30.5 Å². The van der Waals surface area contributed by atoms with Gasteiger partial charge in [0.1, 0.15) is 0 Å². The number of aryl methyl sites for hydroxylation is 2. The van der Waals surface area contributed by atoms with E-state index in [4.69, 9.17) is 0 Å². The fraction of sp³-hybridized carbons (Fsp3) is 0.500. The molecule has 0 atom stereocenters. The smallest absolute Gasteiger partial charge is 0.0955 e. The molecule has 1 aliphatic carbocycles. The van der Waals surface area contributed by atoms with Gasteiger partial charge in [-0.25, -0.2) is 4.98 Å². The van der Waals surface area contributed by atoms with E-state index in [2.05, 4.69) is 26.7 Å². The number of hydrogen-bond donors (Lipinski definition) is 1. The molecule has 84 valence electrons. The Morgan fingerprint density at radius 2 is 2.25 bits per heavy atom. The van der Waals surface area contributed by atoms with Crippen LogP contribution in [0.3, 0.4) is 0 Å². The van der Waals surface area contributed by atoms with E-state index in [0.29, 0.717) is 0 Å². The predicted molar refractivity (Wildman–Crippen MR) is 61.3 cm³/mol.